The molecule has 1 nitrogen and oxygen atoms in total. The van der Waals surface area contributed by atoms with Gasteiger partial charge in [0.05, 0.1) is 0 Å². The number of rotatable bonds is 0. The largest absolute Gasteiger partial charge is 0.412 e. The van der Waals surface area contributed by atoms with Gasteiger partial charge in [-0.1, -0.05) is 0 Å². The van der Waals surface area contributed by atoms with E-state index in [0.717, 1.165) is 0 Å². The van der Waals surface area contributed by atoms with Gasteiger partial charge in [-0.15, -0.1) is 0 Å². The normalized spacial score (nSPS) is 0. The molecule has 0 aliphatic heterocycles. The van der Waals surface area contributed by atoms with Crippen LogP contribution in [0.15, 0.2) is 0 Å². The van der Waals surface area contributed by atoms with Crippen LogP contribution in [-0.2, 0) is 37.5 Å². The van der Waals surface area contributed by atoms with Gasteiger partial charge < -0.3 is 5.48 Å². The zero-order valence-corrected chi connectivity index (χ0v) is 7.32. The van der Waals surface area contributed by atoms with Crippen LogP contribution in [0.1, 0.15) is 0 Å². The van der Waals surface area contributed by atoms with Gasteiger partial charge >= 0.3 is 0 Å². The Morgan fingerprint density at radius 3 is 1.00 bits per heavy atom. The third-order valence-corrected chi connectivity index (χ3v) is 0. The molecular formula is H2CuNdOPd. The van der Waals surface area contributed by atoms with E-state index in [-0.39, 0.29) is 83.8 Å². The molecule has 0 amide bonds. The average molecular weight is 332 g/mol. The van der Waals surface area contributed by atoms with E-state index in [2.05, 4.69) is 0 Å². The first-order valence-electron chi connectivity index (χ1n) is 0. The molecule has 33 valence electrons. The molecule has 0 saturated heterocycles. The van der Waals surface area contributed by atoms with E-state index in [0.29, 0.717) is 0 Å². The van der Waals surface area contributed by atoms with Gasteiger partial charge in [-0.05, 0) is 0 Å². The van der Waals surface area contributed by atoms with Crippen molar-refractivity contribution < 1.29 is 83.8 Å². The van der Waals surface area contributed by atoms with Crippen LogP contribution in [0.2, 0.25) is 0 Å². The summed E-state index contributed by atoms with van der Waals surface area (Å²) < 4.78 is 0. The summed E-state index contributed by atoms with van der Waals surface area (Å²) in [6, 6.07) is 0. The summed E-state index contributed by atoms with van der Waals surface area (Å²) in [5.74, 6) is 0. The van der Waals surface area contributed by atoms with Gasteiger partial charge in [-0.2, -0.15) is 0 Å². The molecular weight excluding hydrogens is 330 g/mol. The van der Waals surface area contributed by atoms with Crippen LogP contribution in [0.4, 0.5) is 0 Å². The fourth-order valence-electron chi connectivity index (χ4n) is 0. The van der Waals surface area contributed by atoms with Crippen molar-refractivity contribution >= 4 is 0 Å². The van der Waals surface area contributed by atoms with Crippen molar-refractivity contribution in [3.63, 3.8) is 0 Å². The summed E-state index contributed by atoms with van der Waals surface area (Å²) in [7, 11) is 0. The van der Waals surface area contributed by atoms with Crippen molar-refractivity contribution in [1.29, 1.82) is 0 Å². The maximum Gasteiger partial charge on any atom is 0 e. The first kappa shape index (κ1) is 31.5. The Kier molecular flexibility index (Phi) is 141. The minimum Gasteiger partial charge on any atom is -0.412 e. The predicted molar refractivity (Wildman–Crippen MR) is 3.61 cm³/mol. The predicted octanol–water partition coefficient (Wildman–Crippen LogP) is -0.830. The van der Waals surface area contributed by atoms with Crippen molar-refractivity contribution in [2.75, 3.05) is 0 Å². The molecule has 0 aromatic heterocycles. The van der Waals surface area contributed by atoms with Gasteiger partial charge in [-0.25, -0.2) is 0 Å². The number of hydrogen-bond acceptors (Lipinski definition) is 0. The molecule has 0 aliphatic rings. The van der Waals surface area contributed by atoms with Crippen LogP contribution in [0.3, 0.4) is 0 Å². The summed E-state index contributed by atoms with van der Waals surface area (Å²) in [6.07, 6.45) is 0. The maximum atomic E-state index is 0. The van der Waals surface area contributed by atoms with Crippen LogP contribution < -0.4 is 0 Å². The second-order valence-corrected chi connectivity index (χ2v) is 0. The molecule has 0 atom stereocenters. The fraction of sp³-hybridized carbons (Fsp3) is 0. The average Bonchev–Trinajstić information content (AvgIpc) is 0. The first-order valence-corrected chi connectivity index (χ1v) is 0. The van der Waals surface area contributed by atoms with E-state index >= 15 is 0 Å². The fourth-order valence-corrected chi connectivity index (χ4v) is 0. The Bertz CT molecular complexity index is 8.00. The second-order valence-electron chi connectivity index (χ2n) is 0. The van der Waals surface area contributed by atoms with E-state index < -0.39 is 0 Å². The first-order chi connectivity index (χ1) is 0. The molecule has 0 aliphatic carbocycles. The Morgan fingerprint density at radius 1 is 1.00 bits per heavy atom. The summed E-state index contributed by atoms with van der Waals surface area (Å²) in [5.41, 5.74) is 0. The van der Waals surface area contributed by atoms with Crippen molar-refractivity contribution in [2.24, 2.45) is 0 Å². The van der Waals surface area contributed by atoms with Crippen molar-refractivity contribution in [3.8, 4) is 0 Å². The molecule has 4 heavy (non-hydrogen) atoms. The van der Waals surface area contributed by atoms with Gasteiger partial charge in [0, 0.05) is 78.3 Å². The maximum absolute atomic E-state index is 0. The third kappa shape index (κ3) is 8.82. The van der Waals surface area contributed by atoms with Crippen LogP contribution in [0.5, 0.6) is 0 Å². The molecule has 1 radical (unpaired) electrons. The zero-order valence-electron chi connectivity index (χ0n) is 1.62. The topological polar surface area (TPSA) is 31.5 Å². The summed E-state index contributed by atoms with van der Waals surface area (Å²) in [5, 5.41) is 0. The Balaban J connectivity index is 0. The van der Waals surface area contributed by atoms with Crippen LogP contribution >= 0.6 is 0 Å². The molecule has 0 saturated carbocycles. The molecule has 0 aromatic rings. The second kappa shape index (κ2) is 17.8. The van der Waals surface area contributed by atoms with Crippen molar-refractivity contribution in [1.82, 2.24) is 0 Å². The van der Waals surface area contributed by atoms with Crippen molar-refractivity contribution in [2.45, 2.75) is 0 Å². The van der Waals surface area contributed by atoms with E-state index in [4.69, 9.17) is 0 Å². The molecule has 0 fully saturated rings. The van der Waals surface area contributed by atoms with E-state index in [9.17, 15) is 0 Å². The Morgan fingerprint density at radius 2 is 1.00 bits per heavy atom. The van der Waals surface area contributed by atoms with E-state index in [1.54, 1.807) is 0 Å². The molecule has 0 unspecified atom stereocenters. The van der Waals surface area contributed by atoms with Gasteiger partial charge in [0.15, 0.2) is 0 Å². The molecule has 0 heterocycles. The smallest absolute Gasteiger partial charge is 0 e. The SMILES string of the molecule is O.[Cu].[Nd].[Pd]. The summed E-state index contributed by atoms with van der Waals surface area (Å²) in [4.78, 5) is 0. The van der Waals surface area contributed by atoms with Crippen LogP contribution in [0, 0.1) is 40.8 Å². The molecule has 2 N–H and O–H groups in total. The van der Waals surface area contributed by atoms with Gasteiger partial charge in [0.1, 0.15) is 0 Å². The third-order valence-electron chi connectivity index (χ3n) is 0. The monoisotopic (exact) mass is 329 g/mol. The molecule has 4 heteroatoms. The van der Waals surface area contributed by atoms with Crippen LogP contribution in [0.25, 0.3) is 0 Å². The van der Waals surface area contributed by atoms with E-state index in [1.807, 2.05) is 0 Å². The standard InChI is InChI=1S/Cu.Nd.H2O.Pd/h;;1H2;. The quantitative estimate of drug-likeness (QED) is 0.519. The summed E-state index contributed by atoms with van der Waals surface area (Å²) in [6.45, 7) is 0. The zero-order chi connectivity index (χ0) is 0. The Labute approximate surface area is 82.3 Å². The van der Waals surface area contributed by atoms with Crippen LogP contribution in [-0.4, -0.2) is 5.48 Å². The van der Waals surface area contributed by atoms with Gasteiger partial charge in [-0.3, -0.25) is 0 Å². The molecule has 0 bridgehead atoms. The molecule has 0 aromatic carbocycles. The Hall–Kier alpha value is 2.49. The van der Waals surface area contributed by atoms with E-state index in [1.165, 1.54) is 0 Å². The minimum atomic E-state index is 0. The van der Waals surface area contributed by atoms with Crippen molar-refractivity contribution in [3.05, 3.63) is 0 Å². The van der Waals surface area contributed by atoms with Gasteiger partial charge in [0.2, 0.25) is 0 Å². The number of hydrogen-bond donors (Lipinski definition) is 0. The summed E-state index contributed by atoms with van der Waals surface area (Å²) >= 11 is 0. The molecule has 0 rings (SSSR count). The minimum absolute atomic E-state index is 0. The molecule has 0 spiro atoms. The van der Waals surface area contributed by atoms with Gasteiger partial charge in [0.25, 0.3) is 0 Å².